The first-order valence-electron chi connectivity index (χ1n) is 6.88. The number of rotatable bonds is 3. The van der Waals surface area contributed by atoms with E-state index in [1.807, 2.05) is 18.2 Å². The SMILES string of the molecule is COc1ccc2nc(NC(=O)c3ccc4c(c3)OCO4)sc2c1. The highest BCUT2D eigenvalue weighted by Gasteiger charge is 2.17. The summed E-state index contributed by atoms with van der Waals surface area (Å²) in [5.74, 6) is 1.74. The molecule has 0 radical (unpaired) electrons. The van der Waals surface area contributed by atoms with E-state index in [0.29, 0.717) is 22.2 Å². The first-order valence-corrected chi connectivity index (χ1v) is 7.70. The van der Waals surface area contributed by atoms with E-state index in [2.05, 4.69) is 10.3 Å². The predicted octanol–water partition coefficient (Wildman–Crippen LogP) is 3.29. The number of fused-ring (bicyclic) bond motifs is 2. The molecule has 4 rings (SSSR count). The van der Waals surface area contributed by atoms with Gasteiger partial charge in [0.25, 0.3) is 5.91 Å². The fourth-order valence-electron chi connectivity index (χ4n) is 2.29. The Kier molecular flexibility index (Phi) is 3.27. The summed E-state index contributed by atoms with van der Waals surface area (Å²) < 4.78 is 16.7. The molecule has 0 fully saturated rings. The second kappa shape index (κ2) is 5.44. The van der Waals surface area contributed by atoms with Crippen LogP contribution in [0.5, 0.6) is 17.2 Å². The predicted molar refractivity (Wildman–Crippen MR) is 86.7 cm³/mol. The molecule has 6 nitrogen and oxygen atoms in total. The minimum Gasteiger partial charge on any atom is -0.497 e. The highest BCUT2D eigenvalue weighted by Crippen LogP contribution is 2.33. The van der Waals surface area contributed by atoms with Crippen molar-refractivity contribution in [2.24, 2.45) is 0 Å². The first kappa shape index (κ1) is 13.8. The lowest BCUT2D eigenvalue weighted by molar-refractivity contribution is 0.102. The number of methoxy groups -OCH3 is 1. The lowest BCUT2D eigenvalue weighted by atomic mass is 10.2. The molecule has 2 aromatic carbocycles. The van der Waals surface area contributed by atoms with Gasteiger partial charge < -0.3 is 14.2 Å². The molecule has 116 valence electrons. The van der Waals surface area contributed by atoms with Gasteiger partial charge in [-0.3, -0.25) is 10.1 Å². The molecule has 7 heteroatoms. The van der Waals surface area contributed by atoms with Crippen LogP contribution in [0.3, 0.4) is 0 Å². The number of nitrogens with zero attached hydrogens (tertiary/aromatic N) is 1. The largest absolute Gasteiger partial charge is 0.497 e. The molecule has 1 N–H and O–H groups in total. The number of aromatic nitrogens is 1. The summed E-state index contributed by atoms with van der Waals surface area (Å²) in [6.07, 6.45) is 0. The van der Waals surface area contributed by atoms with E-state index in [-0.39, 0.29) is 12.7 Å². The molecular weight excluding hydrogens is 316 g/mol. The Morgan fingerprint density at radius 2 is 2.09 bits per heavy atom. The van der Waals surface area contributed by atoms with Gasteiger partial charge in [-0.1, -0.05) is 11.3 Å². The van der Waals surface area contributed by atoms with Crippen molar-refractivity contribution in [3.05, 3.63) is 42.0 Å². The van der Waals surface area contributed by atoms with Gasteiger partial charge in [0.1, 0.15) is 5.75 Å². The number of hydrogen-bond acceptors (Lipinski definition) is 6. The molecule has 2 heterocycles. The summed E-state index contributed by atoms with van der Waals surface area (Å²) in [7, 11) is 1.62. The maximum atomic E-state index is 12.3. The fraction of sp³-hybridized carbons (Fsp3) is 0.125. The van der Waals surface area contributed by atoms with Crippen molar-refractivity contribution in [1.82, 2.24) is 4.98 Å². The molecule has 23 heavy (non-hydrogen) atoms. The average Bonchev–Trinajstić information content (AvgIpc) is 3.18. The van der Waals surface area contributed by atoms with Crippen molar-refractivity contribution in [1.29, 1.82) is 0 Å². The maximum absolute atomic E-state index is 12.3. The smallest absolute Gasteiger partial charge is 0.257 e. The molecule has 1 amide bonds. The molecule has 1 aliphatic heterocycles. The second-order valence-electron chi connectivity index (χ2n) is 4.87. The van der Waals surface area contributed by atoms with E-state index < -0.39 is 0 Å². The molecule has 0 unspecified atom stereocenters. The van der Waals surface area contributed by atoms with Crippen LogP contribution in [0.25, 0.3) is 10.2 Å². The lowest BCUT2D eigenvalue weighted by Crippen LogP contribution is -2.11. The summed E-state index contributed by atoms with van der Waals surface area (Å²) in [6, 6.07) is 10.7. The molecule has 1 aromatic heterocycles. The summed E-state index contributed by atoms with van der Waals surface area (Å²) in [5, 5.41) is 3.35. The van der Waals surface area contributed by atoms with Crippen molar-refractivity contribution in [3.63, 3.8) is 0 Å². The molecule has 0 saturated heterocycles. The van der Waals surface area contributed by atoms with Crippen LogP contribution in [0.1, 0.15) is 10.4 Å². The van der Waals surface area contributed by atoms with Gasteiger partial charge in [0, 0.05) is 5.56 Å². The normalized spacial score (nSPS) is 12.4. The molecule has 0 aliphatic carbocycles. The van der Waals surface area contributed by atoms with Gasteiger partial charge in [-0.15, -0.1) is 0 Å². The molecule has 0 bridgehead atoms. The topological polar surface area (TPSA) is 69.7 Å². The monoisotopic (exact) mass is 328 g/mol. The van der Waals surface area contributed by atoms with Crippen LogP contribution in [0.2, 0.25) is 0 Å². The highest BCUT2D eigenvalue weighted by molar-refractivity contribution is 7.22. The van der Waals surface area contributed by atoms with Gasteiger partial charge >= 0.3 is 0 Å². The minimum absolute atomic E-state index is 0.181. The van der Waals surface area contributed by atoms with Crippen LogP contribution in [-0.4, -0.2) is 24.8 Å². The number of nitrogens with one attached hydrogen (secondary N) is 1. The van der Waals surface area contributed by atoms with Crippen LogP contribution < -0.4 is 19.5 Å². The van der Waals surface area contributed by atoms with Crippen LogP contribution in [0.15, 0.2) is 36.4 Å². The Morgan fingerprint density at radius 1 is 1.22 bits per heavy atom. The van der Waals surface area contributed by atoms with Gasteiger partial charge in [0.05, 0.1) is 17.3 Å². The lowest BCUT2D eigenvalue weighted by Gasteiger charge is -2.02. The van der Waals surface area contributed by atoms with Crippen LogP contribution >= 0.6 is 11.3 Å². The van der Waals surface area contributed by atoms with E-state index in [0.717, 1.165) is 16.0 Å². The molecule has 3 aromatic rings. The molecule has 0 saturated carbocycles. The number of ether oxygens (including phenoxy) is 3. The van der Waals surface area contributed by atoms with Crippen molar-refractivity contribution >= 4 is 32.6 Å². The number of thiazole rings is 1. The summed E-state index contributed by atoms with van der Waals surface area (Å²) in [5.41, 5.74) is 1.31. The third-order valence-electron chi connectivity index (χ3n) is 3.45. The standard InChI is InChI=1S/C16H12N2O4S/c1-20-10-3-4-11-14(7-10)23-16(17-11)18-15(19)9-2-5-12-13(6-9)22-8-21-12/h2-7H,8H2,1H3,(H,17,18,19). The van der Waals surface area contributed by atoms with Gasteiger partial charge in [0.2, 0.25) is 6.79 Å². The van der Waals surface area contributed by atoms with E-state index in [1.54, 1.807) is 25.3 Å². The zero-order valence-electron chi connectivity index (χ0n) is 12.2. The molecular formula is C16H12N2O4S. The Labute approximate surface area is 135 Å². The van der Waals surface area contributed by atoms with Crippen LogP contribution in [0.4, 0.5) is 5.13 Å². The van der Waals surface area contributed by atoms with E-state index in [1.165, 1.54) is 11.3 Å². The van der Waals surface area contributed by atoms with Gasteiger partial charge in [-0.05, 0) is 36.4 Å². The number of carbonyl (C=O) groups is 1. The number of benzene rings is 2. The Morgan fingerprint density at radius 3 is 2.96 bits per heavy atom. The molecule has 1 aliphatic rings. The number of amides is 1. The summed E-state index contributed by atoms with van der Waals surface area (Å²) >= 11 is 1.40. The van der Waals surface area contributed by atoms with Gasteiger partial charge in [0.15, 0.2) is 16.6 Å². The van der Waals surface area contributed by atoms with Gasteiger partial charge in [-0.2, -0.15) is 0 Å². The van der Waals surface area contributed by atoms with Crippen molar-refractivity contribution in [2.45, 2.75) is 0 Å². The number of carbonyl (C=O) groups excluding carboxylic acids is 1. The quantitative estimate of drug-likeness (QED) is 0.799. The van der Waals surface area contributed by atoms with Crippen molar-refractivity contribution in [3.8, 4) is 17.2 Å². The Hall–Kier alpha value is -2.80. The summed E-state index contributed by atoms with van der Waals surface area (Å²) in [6.45, 7) is 0.181. The Balaban J connectivity index is 1.58. The van der Waals surface area contributed by atoms with Crippen LogP contribution in [0, 0.1) is 0 Å². The van der Waals surface area contributed by atoms with Crippen LogP contribution in [-0.2, 0) is 0 Å². The number of anilines is 1. The van der Waals surface area contributed by atoms with E-state index in [4.69, 9.17) is 14.2 Å². The highest BCUT2D eigenvalue weighted by atomic mass is 32.1. The third-order valence-corrected chi connectivity index (χ3v) is 4.38. The van der Waals surface area contributed by atoms with Crippen molar-refractivity contribution in [2.75, 3.05) is 19.2 Å². The summed E-state index contributed by atoms with van der Waals surface area (Å²) in [4.78, 5) is 16.7. The maximum Gasteiger partial charge on any atom is 0.257 e. The third kappa shape index (κ3) is 2.55. The minimum atomic E-state index is -0.241. The zero-order chi connectivity index (χ0) is 15.8. The molecule has 0 spiro atoms. The second-order valence-corrected chi connectivity index (χ2v) is 5.91. The average molecular weight is 328 g/mol. The Bertz CT molecular complexity index is 906. The zero-order valence-corrected chi connectivity index (χ0v) is 13.0. The fourth-order valence-corrected chi connectivity index (χ4v) is 3.18. The molecule has 0 atom stereocenters. The van der Waals surface area contributed by atoms with E-state index in [9.17, 15) is 4.79 Å². The first-order chi connectivity index (χ1) is 11.2. The van der Waals surface area contributed by atoms with E-state index >= 15 is 0 Å². The van der Waals surface area contributed by atoms with Gasteiger partial charge in [-0.25, -0.2) is 4.98 Å². The number of hydrogen-bond donors (Lipinski definition) is 1. The van der Waals surface area contributed by atoms with Crippen molar-refractivity contribution < 1.29 is 19.0 Å².